The number of hydrogen-bond acceptors (Lipinski definition) is 4. The molecule has 0 aliphatic heterocycles. The third-order valence-corrected chi connectivity index (χ3v) is 2.97. The molecule has 6 heteroatoms. The molecule has 1 aromatic rings. The van der Waals surface area contributed by atoms with Gasteiger partial charge < -0.3 is 5.32 Å². The molecule has 0 aliphatic rings. The minimum atomic E-state index is -0.473. The van der Waals surface area contributed by atoms with E-state index in [4.69, 9.17) is 0 Å². The summed E-state index contributed by atoms with van der Waals surface area (Å²) in [6.07, 6.45) is 0. The van der Waals surface area contributed by atoms with Crippen LogP contribution in [0.3, 0.4) is 0 Å². The Morgan fingerprint density at radius 3 is 2.53 bits per heavy atom. The molecule has 0 aliphatic carbocycles. The number of nitro groups is 1. The van der Waals surface area contributed by atoms with Crippen LogP contribution in [0.25, 0.3) is 0 Å². The number of carbonyl (C=O) groups is 1. The molecule has 0 radical (unpaired) electrons. The molecule has 1 amide bonds. The molecule has 0 saturated carbocycles. The van der Waals surface area contributed by atoms with Gasteiger partial charge >= 0.3 is 0 Å². The minimum Gasteiger partial charge on any atom is -0.324 e. The summed E-state index contributed by atoms with van der Waals surface area (Å²) in [5.41, 5.74) is 1.27. The Kier molecular flexibility index (Phi) is 5.44. The van der Waals surface area contributed by atoms with Crippen LogP contribution in [0.4, 0.5) is 11.4 Å². The first-order valence-electron chi connectivity index (χ1n) is 6.25. The second-order valence-electron chi connectivity index (χ2n) is 4.27. The van der Waals surface area contributed by atoms with Gasteiger partial charge in [0.25, 0.3) is 5.69 Å². The molecule has 6 nitrogen and oxygen atoms in total. The van der Waals surface area contributed by atoms with Gasteiger partial charge in [-0.2, -0.15) is 0 Å². The summed E-state index contributed by atoms with van der Waals surface area (Å²) in [6.45, 7) is 7.63. The van der Waals surface area contributed by atoms with Gasteiger partial charge in [-0.05, 0) is 25.6 Å². The molecular formula is C13H19N3O3. The summed E-state index contributed by atoms with van der Waals surface area (Å²) in [7, 11) is 0. The Hall–Kier alpha value is -1.95. The van der Waals surface area contributed by atoms with Crippen molar-refractivity contribution in [1.29, 1.82) is 0 Å². The Labute approximate surface area is 112 Å². The van der Waals surface area contributed by atoms with E-state index in [1.165, 1.54) is 12.1 Å². The molecule has 0 spiro atoms. The number of hydrogen-bond donors (Lipinski definition) is 1. The molecule has 19 heavy (non-hydrogen) atoms. The van der Waals surface area contributed by atoms with E-state index in [0.717, 1.165) is 18.7 Å². The van der Waals surface area contributed by atoms with E-state index >= 15 is 0 Å². The third-order valence-electron chi connectivity index (χ3n) is 2.97. The van der Waals surface area contributed by atoms with Crippen molar-refractivity contribution in [3.8, 4) is 0 Å². The summed E-state index contributed by atoms with van der Waals surface area (Å²) >= 11 is 0. The van der Waals surface area contributed by atoms with Gasteiger partial charge in [-0.3, -0.25) is 19.8 Å². The number of nitro benzene ring substituents is 1. The fourth-order valence-corrected chi connectivity index (χ4v) is 1.70. The molecule has 0 heterocycles. The molecule has 0 fully saturated rings. The number of aryl methyl sites for hydroxylation is 1. The number of benzene rings is 1. The maximum atomic E-state index is 11.9. The highest BCUT2D eigenvalue weighted by Crippen LogP contribution is 2.21. The van der Waals surface area contributed by atoms with Crippen molar-refractivity contribution in [3.63, 3.8) is 0 Å². The second kappa shape index (κ2) is 6.84. The van der Waals surface area contributed by atoms with Crippen LogP contribution in [0.15, 0.2) is 18.2 Å². The third kappa shape index (κ3) is 4.33. The highest BCUT2D eigenvalue weighted by molar-refractivity contribution is 5.93. The van der Waals surface area contributed by atoms with Crippen molar-refractivity contribution >= 4 is 17.3 Å². The highest BCUT2D eigenvalue weighted by atomic mass is 16.6. The predicted octanol–water partition coefficient (Wildman–Crippen LogP) is 2.18. The summed E-state index contributed by atoms with van der Waals surface area (Å²) in [5, 5.41) is 13.4. The average Bonchev–Trinajstić information content (AvgIpc) is 2.38. The lowest BCUT2D eigenvalue weighted by molar-refractivity contribution is -0.384. The van der Waals surface area contributed by atoms with Gasteiger partial charge in [0.15, 0.2) is 0 Å². The van der Waals surface area contributed by atoms with Crippen LogP contribution in [0.5, 0.6) is 0 Å². The van der Waals surface area contributed by atoms with Crippen molar-refractivity contribution in [2.45, 2.75) is 20.8 Å². The lowest BCUT2D eigenvalue weighted by Crippen LogP contribution is -2.33. The van der Waals surface area contributed by atoms with E-state index in [9.17, 15) is 14.9 Å². The van der Waals surface area contributed by atoms with Crippen molar-refractivity contribution in [1.82, 2.24) is 4.90 Å². The summed E-state index contributed by atoms with van der Waals surface area (Å²) in [4.78, 5) is 24.1. The van der Waals surface area contributed by atoms with E-state index < -0.39 is 4.92 Å². The van der Waals surface area contributed by atoms with Crippen LogP contribution in [-0.4, -0.2) is 35.4 Å². The van der Waals surface area contributed by atoms with Crippen LogP contribution in [0, 0.1) is 17.0 Å². The van der Waals surface area contributed by atoms with Gasteiger partial charge in [0, 0.05) is 12.1 Å². The van der Waals surface area contributed by atoms with Gasteiger partial charge in [0.1, 0.15) is 0 Å². The van der Waals surface area contributed by atoms with Crippen molar-refractivity contribution in [2.75, 3.05) is 25.0 Å². The van der Waals surface area contributed by atoms with E-state index in [1.807, 2.05) is 18.7 Å². The quantitative estimate of drug-likeness (QED) is 0.632. The number of carbonyl (C=O) groups excluding carboxylic acids is 1. The lowest BCUT2D eigenvalue weighted by atomic mass is 10.2. The lowest BCUT2D eigenvalue weighted by Gasteiger charge is -2.17. The zero-order chi connectivity index (χ0) is 14.4. The Morgan fingerprint density at radius 1 is 1.37 bits per heavy atom. The molecule has 0 saturated heterocycles. The predicted molar refractivity (Wildman–Crippen MR) is 74.3 cm³/mol. The first-order valence-corrected chi connectivity index (χ1v) is 6.25. The number of nitrogens with zero attached hydrogens (tertiary/aromatic N) is 2. The van der Waals surface area contributed by atoms with Gasteiger partial charge in [0.05, 0.1) is 17.2 Å². The maximum Gasteiger partial charge on any atom is 0.271 e. The van der Waals surface area contributed by atoms with Crippen LogP contribution in [0.1, 0.15) is 19.4 Å². The molecule has 1 aromatic carbocycles. The van der Waals surface area contributed by atoms with E-state index in [2.05, 4.69) is 5.32 Å². The summed E-state index contributed by atoms with van der Waals surface area (Å²) in [5.74, 6) is -0.160. The Balaban J connectivity index is 2.78. The maximum absolute atomic E-state index is 11.9. The Bertz CT molecular complexity index is 470. The number of amides is 1. The zero-order valence-electron chi connectivity index (χ0n) is 11.5. The van der Waals surface area contributed by atoms with Crippen molar-refractivity contribution in [3.05, 3.63) is 33.9 Å². The van der Waals surface area contributed by atoms with Crippen LogP contribution in [-0.2, 0) is 4.79 Å². The number of rotatable bonds is 6. The first-order chi connectivity index (χ1) is 8.97. The largest absolute Gasteiger partial charge is 0.324 e. The molecule has 0 unspecified atom stereocenters. The first kappa shape index (κ1) is 15.1. The SMILES string of the molecule is CCN(CC)CC(=O)Nc1cc([N+](=O)[O-])ccc1C. The molecule has 1 N–H and O–H groups in total. The second-order valence-corrected chi connectivity index (χ2v) is 4.27. The molecule has 0 aromatic heterocycles. The normalized spacial score (nSPS) is 10.5. The monoisotopic (exact) mass is 265 g/mol. The van der Waals surface area contributed by atoms with Crippen LogP contribution < -0.4 is 5.32 Å². The number of nitrogens with one attached hydrogen (secondary N) is 1. The van der Waals surface area contributed by atoms with Gasteiger partial charge in [-0.25, -0.2) is 0 Å². The van der Waals surface area contributed by atoms with Crippen molar-refractivity contribution in [2.24, 2.45) is 0 Å². The zero-order valence-corrected chi connectivity index (χ0v) is 11.5. The summed E-state index contributed by atoms with van der Waals surface area (Å²) in [6, 6.07) is 4.44. The number of likely N-dealkylation sites (N-methyl/N-ethyl adjacent to an activating group) is 1. The van der Waals surface area contributed by atoms with Gasteiger partial charge in [-0.15, -0.1) is 0 Å². The number of non-ortho nitro benzene ring substituents is 1. The highest BCUT2D eigenvalue weighted by Gasteiger charge is 2.12. The average molecular weight is 265 g/mol. The van der Waals surface area contributed by atoms with Gasteiger partial charge in [0.2, 0.25) is 5.91 Å². The molecule has 0 bridgehead atoms. The van der Waals surface area contributed by atoms with Crippen molar-refractivity contribution < 1.29 is 9.72 Å². The van der Waals surface area contributed by atoms with Crippen LogP contribution in [0.2, 0.25) is 0 Å². The number of anilines is 1. The molecule has 1 rings (SSSR count). The van der Waals surface area contributed by atoms with E-state index in [-0.39, 0.29) is 18.1 Å². The summed E-state index contributed by atoms with van der Waals surface area (Å²) < 4.78 is 0. The smallest absolute Gasteiger partial charge is 0.271 e. The van der Waals surface area contributed by atoms with E-state index in [1.54, 1.807) is 13.0 Å². The van der Waals surface area contributed by atoms with E-state index in [0.29, 0.717) is 5.69 Å². The van der Waals surface area contributed by atoms with Crippen LogP contribution >= 0.6 is 0 Å². The fraction of sp³-hybridized carbons (Fsp3) is 0.462. The topological polar surface area (TPSA) is 75.5 Å². The molecule has 104 valence electrons. The fourth-order valence-electron chi connectivity index (χ4n) is 1.70. The molecule has 0 atom stereocenters. The standard InChI is InChI=1S/C13H19N3O3/c1-4-15(5-2)9-13(17)14-12-8-11(16(18)19)7-6-10(12)3/h6-8H,4-5,9H2,1-3H3,(H,14,17). The van der Waals surface area contributed by atoms with Gasteiger partial charge in [-0.1, -0.05) is 19.9 Å². The molecular weight excluding hydrogens is 246 g/mol. The Morgan fingerprint density at radius 2 is 2.00 bits per heavy atom. The minimum absolute atomic E-state index is 0.0243.